The van der Waals surface area contributed by atoms with Crippen LogP contribution in [0.25, 0.3) is 0 Å². The van der Waals surface area contributed by atoms with Crippen LogP contribution < -0.4 is 0 Å². The van der Waals surface area contributed by atoms with E-state index in [1.165, 1.54) is 19.3 Å². The molecule has 1 amide bonds. The first kappa shape index (κ1) is 13.9. The second-order valence-electron chi connectivity index (χ2n) is 8.24. The van der Waals surface area contributed by atoms with Crippen molar-refractivity contribution in [3.63, 3.8) is 0 Å². The molecule has 110 valence electrons. The Labute approximate surface area is 122 Å². The van der Waals surface area contributed by atoms with Crippen LogP contribution in [0.4, 0.5) is 0 Å². The van der Waals surface area contributed by atoms with Crippen molar-refractivity contribution in [3.05, 3.63) is 0 Å². The zero-order valence-corrected chi connectivity index (χ0v) is 13.0. The van der Waals surface area contributed by atoms with Gasteiger partial charge in [-0.05, 0) is 69.6 Å². The van der Waals surface area contributed by atoms with E-state index >= 15 is 0 Å². The topological polar surface area (TPSA) is 44.1 Å². The van der Waals surface area contributed by atoms with E-state index in [-0.39, 0.29) is 23.9 Å². The molecule has 0 aromatic rings. The molecule has 4 fully saturated rings. The van der Waals surface area contributed by atoms with Gasteiger partial charge in [-0.25, -0.2) is 0 Å². The lowest BCUT2D eigenvalue weighted by atomic mass is 9.44. The van der Waals surface area contributed by atoms with Gasteiger partial charge in [0.2, 0.25) is 5.91 Å². The number of nitrogens with zero attached hydrogens (tertiary/aromatic N) is 2. The molecule has 4 aliphatic rings. The first-order valence-corrected chi connectivity index (χ1v) is 8.05. The van der Waals surface area contributed by atoms with E-state index in [4.69, 9.17) is 5.26 Å². The molecule has 0 radical (unpaired) electrons. The fourth-order valence-electron chi connectivity index (χ4n) is 5.84. The Morgan fingerprint density at radius 3 is 2.35 bits per heavy atom. The van der Waals surface area contributed by atoms with E-state index in [0.717, 1.165) is 31.1 Å². The van der Waals surface area contributed by atoms with Crippen LogP contribution in [0.3, 0.4) is 0 Å². The maximum atomic E-state index is 13.1. The molecule has 3 heteroatoms. The van der Waals surface area contributed by atoms with Crippen LogP contribution in [0, 0.1) is 34.0 Å². The van der Waals surface area contributed by atoms with E-state index in [2.05, 4.69) is 13.0 Å². The molecule has 0 N–H and O–H groups in total. The van der Waals surface area contributed by atoms with Gasteiger partial charge in [-0.3, -0.25) is 4.79 Å². The zero-order valence-electron chi connectivity index (χ0n) is 13.0. The summed E-state index contributed by atoms with van der Waals surface area (Å²) in [5, 5.41) is 9.02. The molecular weight excluding hydrogens is 248 g/mol. The molecule has 0 aromatic carbocycles. The molecule has 0 aromatic heterocycles. The van der Waals surface area contributed by atoms with Gasteiger partial charge >= 0.3 is 0 Å². The standard InChI is InChI=1S/C17H26N2O/c1-12(2)19(5-4-18)15(20)17-9-13-6-14(10-17)8-16(3,7-13)11-17/h12-14H,5-11H2,1-3H3. The van der Waals surface area contributed by atoms with Crippen molar-refractivity contribution in [2.24, 2.45) is 22.7 Å². The average molecular weight is 274 g/mol. The molecule has 4 aliphatic carbocycles. The Morgan fingerprint density at radius 1 is 1.30 bits per heavy atom. The quantitative estimate of drug-likeness (QED) is 0.741. The van der Waals surface area contributed by atoms with E-state index in [9.17, 15) is 4.79 Å². The van der Waals surface area contributed by atoms with Gasteiger partial charge in [0.25, 0.3) is 0 Å². The minimum absolute atomic E-state index is 0.128. The summed E-state index contributed by atoms with van der Waals surface area (Å²) in [7, 11) is 0. The summed E-state index contributed by atoms with van der Waals surface area (Å²) in [6, 6.07) is 2.30. The summed E-state index contributed by atoms with van der Waals surface area (Å²) in [4.78, 5) is 15.0. The molecule has 0 heterocycles. The Bertz CT molecular complexity index is 448. The molecule has 0 saturated heterocycles. The van der Waals surface area contributed by atoms with E-state index in [1.807, 2.05) is 18.7 Å². The van der Waals surface area contributed by atoms with Gasteiger partial charge in [-0.1, -0.05) is 6.92 Å². The highest BCUT2D eigenvalue weighted by molar-refractivity contribution is 5.84. The van der Waals surface area contributed by atoms with Crippen LogP contribution in [0.15, 0.2) is 0 Å². The highest BCUT2D eigenvalue weighted by atomic mass is 16.2. The molecule has 2 unspecified atom stereocenters. The minimum atomic E-state index is -0.139. The predicted molar refractivity (Wildman–Crippen MR) is 77.7 cm³/mol. The molecule has 3 nitrogen and oxygen atoms in total. The molecule has 4 bridgehead atoms. The molecule has 0 spiro atoms. The third-order valence-electron chi connectivity index (χ3n) is 5.93. The maximum absolute atomic E-state index is 13.1. The van der Waals surface area contributed by atoms with Gasteiger partial charge < -0.3 is 4.90 Å². The SMILES string of the molecule is CC(C)N(CC#N)C(=O)C12CC3CC(CC(C)(C3)C1)C2. The van der Waals surface area contributed by atoms with Crippen molar-refractivity contribution in [1.82, 2.24) is 4.90 Å². The highest BCUT2D eigenvalue weighted by Crippen LogP contribution is 2.65. The lowest BCUT2D eigenvalue weighted by Gasteiger charge is -2.61. The Morgan fingerprint density at radius 2 is 1.90 bits per heavy atom. The second kappa shape index (κ2) is 4.48. The average Bonchev–Trinajstić information content (AvgIpc) is 2.31. The van der Waals surface area contributed by atoms with Crippen molar-refractivity contribution in [2.45, 2.75) is 65.3 Å². The summed E-state index contributed by atoms with van der Waals surface area (Å²) in [5.74, 6) is 1.77. The van der Waals surface area contributed by atoms with E-state index in [0.29, 0.717) is 5.41 Å². The summed E-state index contributed by atoms with van der Waals surface area (Å²) in [6.07, 6.45) is 7.18. The van der Waals surface area contributed by atoms with Crippen LogP contribution in [0.2, 0.25) is 0 Å². The van der Waals surface area contributed by atoms with E-state index in [1.54, 1.807) is 0 Å². The van der Waals surface area contributed by atoms with Crippen LogP contribution in [0.5, 0.6) is 0 Å². The Hall–Kier alpha value is -1.04. The fraction of sp³-hybridized carbons (Fsp3) is 0.882. The first-order valence-electron chi connectivity index (χ1n) is 8.05. The Balaban J connectivity index is 1.89. The van der Waals surface area contributed by atoms with Gasteiger partial charge in [0.1, 0.15) is 6.54 Å². The van der Waals surface area contributed by atoms with Crippen molar-refractivity contribution >= 4 is 5.91 Å². The van der Waals surface area contributed by atoms with E-state index < -0.39 is 0 Å². The van der Waals surface area contributed by atoms with Gasteiger partial charge in [0.15, 0.2) is 0 Å². The third kappa shape index (κ3) is 2.05. The number of amides is 1. The van der Waals surface area contributed by atoms with Crippen molar-refractivity contribution in [1.29, 1.82) is 5.26 Å². The van der Waals surface area contributed by atoms with Crippen LogP contribution >= 0.6 is 0 Å². The molecule has 20 heavy (non-hydrogen) atoms. The predicted octanol–water partition coefficient (Wildman–Crippen LogP) is 3.35. The van der Waals surface area contributed by atoms with Gasteiger partial charge in [0, 0.05) is 6.04 Å². The normalized spacial score (nSPS) is 41.8. The smallest absolute Gasteiger partial charge is 0.229 e. The molecular formula is C17H26N2O. The van der Waals surface area contributed by atoms with Crippen molar-refractivity contribution in [3.8, 4) is 6.07 Å². The summed E-state index contributed by atoms with van der Waals surface area (Å²) in [6.45, 7) is 6.68. The molecule has 2 atom stereocenters. The van der Waals surface area contributed by atoms with Crippen LogP contribution in [0.1, 0.15) is 59.3 Å². The van der Waals surface area contributed by atoms with Crippen molar-refractivity contribution < 1.29 is 4.79 Å². The number of carbonyl (C=O) groups is 1. The van der Waals surface area contributed by atoms with Crippen molar-refractivity contribution in [2.75, 3.05) is 6.54 Å². The minimum Gasteiger partial charge on any atom is -0.326 e. The van der Waals surface area contributed by atoms with Gasteiger partial charge in [-0.2, -0.15) is 5.26 Å². The molecule has 0 aliphatic heterocycles. The highest BCUT2D eigenvalue weighted by Gasteiger charge is 2.59. The largest absolute Gasteiger partial charge is 0.326 e. The molecule has 4 rings (SSSR count). The molecule has 4 saturated carbocycles. The Kier molecular flexibility index (Phi) is 3.12. The number of nitriles is 1. The monoisotopic (exact) mass is 274 g/mol. The second-order valence-corrected chi connectivity index (χ2v) is 8.24. The van der Waals surface area contributed by atoms with Crippen LogP contribution in [-0.4, -0.2) is 23.4 Å². The van der Waals surface area contributed by atoms with Gasteiger partial charge in [-0.15, -0.1) is 0 Å². The number of hydrogen-bond donors (Lipinski definition) is 0. The first-order chi connectivity index (χ1) is 9.37. The van der Waals surface area contributed by atoms with Gasteiger partial charge in [0.05, 0.1) is 11.5 Å². The summed E-state index contributed by atoms with van der Waals surface area (Å²) < 4.78 is 0. The number of rotatable bonds is 3. The zero-order chi connectivity index (χ0) is 14.5. The summed E-state index contributed by atoms with van der Waals surface area (Å²) >= 11 is 0. The lowest BCUT2D eigenvalue weighted by Crippen LogP contribution is -2.58. The third-order valence-corrected chi connectivity index (χ3v) is 5.93. The van der Waals surface area contributed by atoms with Crippen LogP contribution in [-0.2, 0) is 4.79 Å². The lowest BCUT2D eigenvalue weighted by molar-refractivity contribution is -0.167. The number of hydrogen-bond acceptors (Lipinski definition) is 2. The fourth-order valence-corrected chi connectivity index (χ4v) is 5.84. The summed E-state index contributed by atoms with van der Waals surface area (Å²) in [5.41, 5.74) is 0.245. The maximum Gasteiger partial charge on any atom is 0.229 e. The number of carbonyl (C=O) groups excluding carboxylic acids is 1.